The highest BCUT2D eigenvalue weighted by Gasteiger charge is 2.25. The standard InChI is InChI=1S/C45H53N13O8/c1-10-30-36(65-25(4)50-30)42(61)53-43-51-31-20-27(38(47)60)22-33(64-18-14-15-55(8)44(62)66-45(5,6)7)35(31)57(43)17-13-12-16-56-34-28(19-26(37(46)59)21-32(34)63-9)29-23-48-39(52-40(29)56)41-49-24(3)54-58(41)11-2/h12-13,19-23H,10-11,14-18H2,1-9H3,(H2,46,59)(H2,47,60)(H,51,53,61)/b13-12+. The first-order valence-corrected chi connectivity index (χ1v) is 21.3. The summed E-state index contributed by atoms with van der Waals surface area (Å²) in [5, 5.41) is 8.65. The average molecular weight is 904 g/mol. The number of amides is 4. The molecule has 21 heteroatoms. The van der Waals surface area contributed by atoms with Crippen molar-refractivity contribution in [1.82, 2.24) is 48.7 Å². The Morgan fingerprint density at radius 3 is 2.26 bits per heavy atom. The van der Waals surface area contributed by atoms with Gasteiger partial charge in [0.2, 0.25) is 23.5 Å². The van der Waals surface area contributed by atoms with Crippen LogP contribution in [-0.2, 0) is 30.8 Å². The van der Waals surface area contributed by atoms with Gasteiger partial charge in [-0.2, -0.15) is 5.10 Å². The van der Waals surface area contributed by atoms with Gasteiger partial charge in [0.25, 0.3) is 5.91 Å². The second kappa shape index (κ2) is 18.7. The van der Waals surface area contributed by atoms with Crippen LogP contribution in [0.25, 0.3) is 44.6 Å². The molecule has 66 heavy (non-hydrogen) atoms. The van der Waals surface area contributed by atoms with Gasteiger partial charge >= 0.3 is 6.09 Å². The van der Waals surface area contributed by atoms with Crippen molar-refractivity contribution in [3.8, 4) is 23.1 Å². The zero-order valence-electron chi connectivity index (χ0n) is 38.4. The Labute approximate surface area is 379 Å². The van der Waals surface area contributed by atoms with Gasteiger partial charge in [0.15, 0.2) is 17.5 Å². The lowest BCUT2D eigenvalue weighted by Gasteiger charge is -2.24. The molecule has 346 valence electrons. The third-order valence-electron chi connectivity index (χ3n) is 10.4. The van der Waals surface area contributed by atoms with Gasteiger partial charge in [0.1, 0.15) is 34.1 Å². The normalized spacial score (nSPS) is 11.8. The maximum atomic E-state index is 13.8. The monoisotopic (exact) mass is 903 g/mol. The fraction of sp³-hybridized carbons (Fsp3) is 0.378. The highest BCUT2D eigenvalue weighted by atomic mass is 16.6. The summed E-state index contributed by atoms with van der Waals surface area (Å²) in [7, 11) is 3.14. The number of carbonyl (C=O) groups is 4. The Balaban J connectivity index is 1.29. The van der Waals surface area contributed by atoms with E-state index in [-0.39, 0.29) is 48.3 Å². The van der Waals surface area contributed by atoms with Crippen molar-refractivity contribution in [2.24, 2.45) is 11.5 Å². The lowest BCUT2D eigenvalue weighted by atomic mass is 10.1. The van der Waals surface area contributed by atoms with Crippen molar-refractivity contribution in [1.29, 1.82) is 0 Å². The molecule has 5 aromatic heterocycles. The fourth-order valence-electron chi connectivity index (χ4n) is 7.47. The van der Waals surface area contributed by atoms with Gasteiger partial charge < -0.3 is 44.1 Å². The summed E-state index contributed by atoms with van der Waals surface area (Å²) in [6.07, 6.45) is 5.83. The molecule has 21 nitrogen and oxygen atoms in total. The number of nitrogens with zero attached hydrogens (tertiary/aromatic N) is 10. The number of hydrogen-bond donors (Lipinski definition) is 3. The molecule has 0 radical (unpaired) electrons. The largest absolute Gasteiger partial charge is 0.495 e. The van der Waals surface area contributed by atoms with Crippen molar-refractivity contribution in [2.75, 3.05) is 32.6 Å². The summed E-state index contributed by atoms with van der Waals surface area (Å²) in [4.78, 5) is 76.2. The quantitative estimate of drug-likeness (QED) is 0.0728. The number of oxazole rings is 1. The van der Waals surface area contributed by atoms with Crippen LogP contribution in [0.2, 0.25) is 0 Å². The first-order valence-electron chi connectivity index (χ1n) is 21.3. The minimum absolute atomic E-state index is 0.0427. The van der Waals surface area contributed by atoms with Crippen molar-refractivity contribution in [3.05, 3.63) is 76.9 Å². The number of methoxy groups -OCH3 is 1. The maximum absolute atomic E-state index is 13.8. The zero-order valence-corrected chi connectivity index (χ0v) is 38.4. The van der Waals surface area contributed by atoms with Gasteiger partial charge in [-0.15, -0.1) is 0 Å². The number of fused-ring (bicyclic) bond motifs is 4. The van der Waals surface area contributed by atoms with E-state index in [0.29, 0.717) is 93.7 Å². The van der Waals surface area contributed by atoms with Crippen LogP contribution in [0, 0.1) is 13.8 Å². The first kappa shape index (κ1) is 46.2. The Morgan fingerprint density at radius 1 is 0.894 bits per heavy atom. The van der Waals surface area contributed by atoms with Crippen LogP contribution in [0.1, 0.15) is 89.7 Å². The van der Waals surface area contributed by atoms with Crippen LogP contribution in [0.5, 0.6) is 11.5 Å². The van der Waals surface area contributed by atoms with E-state index in [0.717, 1.165) is 0 Å². The number of hydrogen-bond acceptors (Lipinski definition) is 14. The second-order valence-electron chi connectivity index (χ2n) is 16.4. The first-order chi connectivity index (χ1) is 31.4. The Kier molecular flexibility index (Phi) is 13.1. The molecular formula is C45H53N13O8. The number of imidazole rings is 1. The molecule has 0 bridgehead atoms. The topological polar surface area (TPSA) is 269 Å². The van der Waals surface area contributed by atoms with E-state index in [9.17, 15) is 19.2 Å². The molecule has 7 aromatic rings. The third kappa shape index (κ3) is 9.49. The predicted molar refractivity (Wildman–Crippen MR) is 244 cm³/mol. The fourth-order valence-corrected chi connectivity index (χ4v) is 7.47. The molecule has 0 atom stereocenters. The second-order valence-corrected chi connectivity index (χ2v) is 16.4. The smallest absolute Gasteiger partial charge is 0.410 e. The van der Waals surface area contributed by atoms with Crippen LogP contribution in [0.4, 0.5) is 10.7 Å². The number of primary amides is 2. The molecule has 0 spiro atoms. The predicted octanol–water partition coefficient (Wildman–Crippen LogP) is 5.73. The van der Waals surface area contributed by atoms with E-state index in [1.54, 1.807) is 69.2 Å². The molecular weight excluding hydrogens is 851 g/mol. The average Bonchev–Trinajstić information content (AvgIpc) is 4.03. The van der Waals surface area contributed by atoms with Crippen molar-refractivity contribution in [3.63, 3.8) is 0 Å². The van der Waals surface area contributed by atoms with E-state index >= 15 is 0 Å². The van der Waals surface area contributed by atoms with E-state index < -0.39 is 29.4 Å². The highest BCUT2D eigenvalue weighted by Crippen LogP contribution is 2.37. The van der Waals surface area contributed by atoms with E-state index in [2.05, 4.69) is 25.4 Å². The number of carbonyl (C=O) groups excluding carboxylic acids is 4. The van der Waals surface area contributed by atoms with Crippen LogP contribution < -0.4 is 26.3 Å². The van der Waals surface area contributed by atoms with E-state index in [4.69, 9.17) is 40.1 Å². The van der Waals surface area contributed by atoms with Gasteiger partial charge in [-0.25, -0.2) is 34.4 Å². The lowest BCUT2D eigenvalue weighted by molar-refractivity contribution is 0.0291. The number of aromatic nitrogens is 9. The molecule has 0 fully saturated rings. The van der Waals surface area contributed by atoms with Crippen LogP contribution in [0.15, 0.2) is 47.0 Å². The Hall–Kier alpha value is -7.84. The third-order valence-corrected chi connectivity index (χ3v) is 10.4. The molecule has 0 unspecified atom stereocenters. The van der Waals surface area contributed by atoms with Crippen LogP contribution in [0.3, 0.4) is 0 Å². The Bertz CT molecular complexity index is 3040. The van der Waals surface area contributed by atoms with Crippen molar-refractivity contribution < 1.29 is 37.8 Å². The molecule has 0 saturated heterocycles. The van der Waals surface area contributed by atoms with E-state index in [1.807, 2.05) is 30.6 Å². The summed E-state index contributed by atoms with van der Waals surface area (Å²) in [5.74, 6) is 0.666. The van der Waals surface area contributed by atoms with Crippen LogP contribution in [-0.4, -0.2) is 105 Å². The summed E-state index contributed by atoms with van der Waals surface area (Å²) in [6, 6.07) is 6.32. The maximum Gasteiger partial charge on any atom is 0.410 e. The SMILES string of the molecule is CCc1nc(C)oc1C(=O)Nc1nc2cc(C(N)=O)cc(OCCCN(C)C(=O)OC(C)(C)C)c2n1C/C=C/Cn1c2nc(-c3nc(C)nn3CC)ncc2c2cc(C(N)=O)cc(OC)c21. The van der Waals surface area contributed by atoms with Gasteiger partial charge in [0.05, 0.1) is 30.4 Å². The molecule has 7 rings (SSSR count). The number of nitrogens with two attached hydrogens (primary N) is 2. The van der Waals surface area contributed by atoms with Gasteiger partial charge in [-0.05, 0) is 71.7 Å². The number of rotatable bonds is 17. The molecule has 4 amide bonds. The number of ether oxygens (including phenoxy) is 3. The van der Waals surface area contributed by atoms with Gasteiger partial charge in [-0.1, -0.05) is 19.1 Å². The summed E-state index contributed by atoms with van der Waals surface area (Å²) in [5.41, 5.74) is 13.7. The zero-order chi connectivity index (χ0) is 47.6. The van der Waals surface area contributed by atoms with Crippen LogP contribution >= 0.6 is 0 Å². The molecule has 5 heterocycles. The van der Waals surface area contributed by atoms with Gasteiger partial charge in [0, 0.05) is 68.2 Å². The van der Waals surface area contributed by atoms with Crippen molar-refractivity contribution in [2.45, 2.75) is 86.5 Å². The molecule has 0 saturated carbocycles. The molecule has 0 aliphatic rings. The van der Waals surface area contributed by atoms with Gasteiger partial charge in [-0.3, -0.25) is 19.7 Å². The summed E-state index contributed by atoms with van der Waals surface area (Å²) >= 11 is 0. The number of aryl methyl sites for hydroxylation is 4. The molecule has 5 N–H and O–H groups in total. The lowest BCUT2D eigenvalue weighted by Crippen LogP contribution is -2.35. The van der Waals surface area contributed by atoms with E-state index in [1.165, 1.54) is 24.1 Å². The summed E-state index contributed by atoms with van der Waals surface area (Å²) in [6.45, 7) is 14.0. The number of nitrogens with one attached hydrogen (secondary N) is 1. The minimum Gasteiger partial charge on any atom is -0.495 e. The number of benzene rings is 2. The minimum atomic E-state index is -0.710. The Morgan fingerprint density at radius 2 is 1.59 bits per heavy atom. The highest BCUT2D eigenvalue weighted by molar-refractivity contribution is 6.12. The number of allylic oxidation sites excluding steroid dienone is 2. The summed E-state index contributed by atoms with van der Waals surface area (Å²) < 4.78 is 28.7. The molecule has 0 aliphatic carbocycles. The van der Waals surface area contributed by atoms with Crippen molar-refractivity contribution >= 4 is 62.7 Å². The molecule has 0 aliphatic heterocycles. The molecule has 2 aromatic carbocycles. The number of anilines is 1.